The largest absolute Gasteiger partial charge is 0.359 e. The molecule has 144 valence electrons. The fourth-order valence-corrected chi connectivity index (χ4v) is 4.44. The number of sulfonamides is 1. The Kier molecular flexibility index (Phi) is 4.99. The molecule has 7 heteroatoms. The van der Waals surface area contributed by atoms with Crippen LogP contribution in [0.4, 0.5) is 14.5 Å². The minimum absolute atomic E-state index is 0.427. The van der Waals surface area contributed by atoms with Crippen molar-refractivity contribution < 1.29 is 17.2 Å². The number of hydrogen-bond donors (Lipinski definition) is 2. The fraction of sp³-hybridized carbons (Fsp3) is 0.300. The molecular weight excluding hydrogens is 370 g/mol. The van der Waals surface area contributed by atoms with Gasteiger partial charge in [-0.3, -0.25) is 4.72 Å². The third kappa shape index (κ3) is 3.43. The lowest BCUT2D eigenvalue weighted by Gasteiger charge is -2.33. The highest BCUT2D eigenvalue weighted by Gasteiger charge is 2.35. The zero-order valence-electron chi connectivity index (χ0n) is 15.4. The van der Waals surface area contributed by atoms with Gasteiger partial charge in [0.2, 0.25) is 10.0 Å². The van der Waals surface area contributed by atoms with Crippen molar-refractivity contribution in [3.05, 3.63) is 65.4 Å². The average molecular weight is 392 g/mol. The SMILES string of the molecule is CCC(CC)(c1ccc(F)cc1F)c1c[nH]c2c(NS(C)(=O)=O)cccc12. The molecular formula is C20H22F2N2O2S. The van der Waals surface area contributed by atoms with E-state index in [0.29, 0.717) is 29.6 Å². The first-order chi connectivity index (χ1) is 12.7. The minimum atomic E-state index is -3.44. The summed E-state index contributed by atoms with van der Waals surface area (Å²) in [5, 5.41) is 0.802. The molecule has 1 aromatic heterocycles. The van der Waals surface area contributed by atoms with E-state index in [2.05, 4.69) is 9.71 Å². The smallest absolute Gasteiger partial charge is 0.229 e. The molecule has 4 nitrogen and oxygen atoms in total. The Hall–Kier alpha value is -2.41. The maximum atomic E-state index is 14.7. The summed E-state index contributed by atoms with van der Waals surface area (Å²) in [7, 11) is -3.44. The van der Waals surface area contributed by atoms with Crippen molar-refractivity contribution in [1.29, 1.82) is 0 Å². The van der Waals surface area contributed by atoms with E-state index in [1.807, 2.05) is 19.9 Å². The number of halogens is 2. The van der Waals surface area contributed by atoms with E-state index >= 15 is 0 Å². The summed E-state index contributed by atoms with van der Waals surface area (Å²) >= 11 is 0. The molecule has 0 unspecified atom stereocenters. The van der Waals surface area contributed by atoms with Crippen LogP contribution in [0.3, 0.4) is 0 Å². The van der Waals surface area contributed by atoms with Crippen LogP contribution in [0.1, 0.15) is 37.8 Å². The third-order valence-corrected chi connectivity index (χ3v) is 5.77. The van der Waals surface area contributed by atoms with Crippen molar-refractivity contribution in [2.45, 2.75) is 32.1 Å². The third-order valence-electron chi connectivity index (χ3n) is 5.18. The second kappa shape index (κ2) is 6.96. The van der Waals surface area contributed by atoms with Gasteiger partial charge < -0.3 is 4.98 Å². The first-order valence-electron chi connectivity index (χ1n) is 8.75. The Morgan fingerprint density at radius 2 is 1.78 bits per heavy atom. The van der Waals surface area contributed by atoms with Gasteiger partial charge in [-0.1, -0.05) is 32.0 Å². The first kappa shape index (κ1) is 19.4. The van der Waals surface area contributed by atoms with E-state index in [1.165, 1.54) is 12.1 Å². The number of nitrogens with one attached hydrogen (secondary N) is 2. The van der Waals surface area contributed by atoms with Crippen LogP contribution < -0.4 is 4.72 Å². The van der Waals surface area contributed by atoms with Crippen LogP contribution >= 0.6 is 0 Å². The molecule has 2 aromatic carbocycles. The molecule has 0 saturated carbocycles. The number of fused-ring (bicyclic) bond motifs is 1. The molecule has 2 N–H and O–H groups in total. The van der Waals surface area contributed by atoms with Gasteiger partial charge in [0.15, 0.2) is 0 Å². The molecule has 0 spiro atoms. The Labute approximate surface area is 157 Å². The molecule has 0 aliphatic carbocycles. The van der Waals surface area contributed by atoms with Gasteiger partial charge >= 0.3 is 0 Å². The molecule has 0 radical (unpaired) electrons. The second-order valence-corrected chi connectivity index (χ2v) is 8.47. The number of anilines is 1. The van der Waals surface area contributed by atoms with E-state index in [4.69, 9.17) is 0 Å². The summed E-state index contributed by atoms with van der Waals surface area (Å²) in [6, 6.07) is 8.96. The quantitative estimate of drug-likeness (QED) is 0.625. The average Bonchev–Trinajstić information content (AvgIpc) is 3.02. The lowest BCUT2D eigenvalue weighted by molar-refractivity contribution is 0.448. The molecule has 1 heterocycles. The summed E-state index contributed by atoms with van der Waals surface area (Å²) in [5.41, 5.74) is 1.68. The van der Waals surface area contributed by atoms with Crippen LogP contribution in [-0.2, 0) is 15.4 Å². The molecule has 0 fully saturated rings. The first-order valence-corrected chi connectivity index (χ1v) is 10.6. The molecule has 27 heavy (non-hydrogen) atoms. The summed E-state index contributed by atoms with van der Waals surface area (Å²) in [6.07, 6.45) is 4.07. The van der Waals surface area contributed by atoms with Crippen LogP contribution in [0.2, 0.25) is 0 Å². The van der Waals surface area contributed by atoms with Crippen molar-refractivity contribution >= 4 is 26.6 Å². The minimum Gasteiger partial charge on any atom is -0.359 e. The van der Waals surface area contributed by atoms with Crippen molar-refractivity contribution in [1.82, 2.24) is 4.98 Å². The number of aromatic amines is 1. The highest BCUT2D eigenvalue weighted by atomic mass is 32.2. The van der Waals surface area contributed by atoms with Crippen molar-refractivity contribution in [2.24, 2.45) is 0 Å². The van der Waals surface area contributed by atoms with Gasteiger partial charge in [0, 0.05) is 23.1 Å². The zero-order valence-corrected chi connectivity index (χ0v) is 16.3. The Balaban J connectivity index is 2.26. The molecule has 0 aliphatic heterocycles. The van der Waals surface area contributed by atoms with Crippen LogP contribution in [-0.4, -0.2) is 19.7 Å². The van der Waals surface area contributed by atoms with Crippen LogP contribution in [0.5, 0.6) is 0 Å². The maximum Gasteiger partial charge on any atom is 0.229 e. The summed E-state index contributed by atoms with van der Waals surface area (Å²) in [6.45, 7) is 3.92. The molecule has 0 bridgehead atoms. The fourth-order valence-electron chi connectivity index (χ4n) is 3.87. The predicted molar refractivity (Wildman–Crippen MR) is 104 cm³/mol. The Bertz CT molecular complexity index is 1090. The summed E-state index contributed by atoms with van der Waals surface area (Å²) in [4.78, 5) is 3.13. The molecule has 0 atom stereocenters. The number of hydrogen-bond acceptors (Lipinski definition) is 2. The lowest BCUT2D eigenvalue weighted by Crippen LogP contribution is -2.27. The van der Waals surface area contributed by atoms with Crippen molar-refractivity contribution in [3.8, 4) is 0 Å². The number of benzene rings is 2. The van der Waals surface area contributed by atoms with Crippen molar-refractivity contribution in [3.63, 3.8) is 0 Å². The van der Waals surface area contributed by atoms with Gasteiger partial charge in [-0.25, -0.2) is 17.2 Å². The van der Waals surface area contributed by atoms with Gasteiger partial charge in [0.25, 0.3) is 0 Å². The van der Waals surface area contributed by atoms with E-state index in [9.17, 15) is 17.2 Å². The molecule has 0 amide bonds. The van der Waals surface area contributed by atoms with Crippen LogP contribution in [0.15, 0.2) is 42.6 Å². The van der Waals surface area contributed by atoms with E-state index in [1.54, 1.807) is 18.3 Å². The highest BCUT2D eigenvalue weighted by Crippen LogP contribution is 2.44. The molecule has 0 aliphatic rings. The van der Waals surface area contributed by atoms with Gasteiger partial charge in [-0.15, -0.1) is 0 Å². The number of H-pyrrole nitrogens is 1. The summed E-state index contributed by atoms with van der Waals surface area (Å²) in [5.74, 6) is -1.20. The lowest BCUT2D eigenvalue weighted by atomic mass is 9.70. The maximum absolute atomic E-state index is 14.7. The monoisotopic (exact) mass is 392 g/mol. The van der Waals surface area contributed by atoms with Crippen LogP contribution in [0, 0.1) is 11.6 Å². The van der Waals surface area contributed by atoms with Gasteiger partial charge in [-0.2, -0.15) is 0 Å². The molecule has 0 saturated heterocycles. The van der Waals surface area contributed by atoms with Gasteiger partial charge in [-0.05, 0) is 36.1 Å². The zero-order chi connectivity index (χ0) is 19.8. The second-order valence-electron chi connectivity index (χ2n) is 6.72. The Morgan fingerprint density at radius 1 is 1.07 bits per heavy atom. The van der Waals surface area contributed by atoms with Gasteiger partial charge in [0.1, 0.15) is 11.6 Å². The molecule has 3 aromatic rings. The van der Waals surface area contributed by atoms with E-state index < -0.39 is 27.1 Å². The van der Waals surface area contributed by atoms with E-state index in [-0.39, 0.29) is 0 Å². The predicted octanol–water partition coefficient (Wildman–Crippen LogP) is 4.92. The Morgan fingerprint density at radius 3 is 2.37 bits per heavy atom. The highest BCUT2D eigenvalue weighted by molar-refractivity contribution is 7.92. The standard InChI is InChI=1S/C20H22F2N2O2S/c1-4-20(5-2,15-10-9-13(21)11-17(15)22)16-12-23-19-14(16)7-6-8-18(19)24-27(3,25)26/h6-12,23-24H,4-5H2,1-3H3. The summed E-state index contributed by atoms with van der Waals surface area (Å²) < 4.78 is 53.9. The molecule has 3 rings (SSSR count). The van der Waals surface area contributed by atoms with Crippen molar-refractivity contribution in [2.75, 3.05) is 11.0 Å². The number of aromatic nitrogens is 1. The topological polar surface area (TPSA) is 62.0 Å². The van der Waals surface area contributed by atoms with Crippen LogP contribution in [0.25, 0.3) is 10.9 Å². The van der Waals surface area contributed by atoms with Gasteiger partial charge in [0.05, 0.1) is 17.5 Å². The number of para-hydroxylation sites is 1. The number of rotatable bonds is 6. The van der Waals surface area contributed by atoms with E-state index in [0.717, 1.165) is 23.3 Å². The normalized spacial score (nSPS) is 12.5.